The normalized spacial score (nSPS) is 13.7. The Labute approximate surface area is 198 Å². The van der Waals surface area contributed by atoms with Crippen LogP contribution in [0, 0.1) is 0 Å². The predicted molar refractivity (Wildman–Crippen MR) is 120 cm³/mol. The summed E-state index contributed by atoms with van der Waals surface area (Å²) in [5.41, 5.74) is 5.15. The van der Waals surface area contributed by atoms with E-state index in [0.717, 1.165) is 23.0 Å². The lowest BCUT2D eigenvalue weighted by atomic mass is 10.1. The smallest absolute Gasteiger partial charge is 0.419 e. The van der Waals surface area contributed by atoms with Gasteiger partial charge in [0.25, 0.3) is 0 Å². The van der Waals surface area contributed by atoms with Crippen LogP contribution in [0.3, 0.4) is 0 Å². The number of benzene rings is 2. The highest BCUT2D eigenvalue weighted by Gasteiger charge is 2.35. The van der Waals surface area contributed by atoms with Gasteiger partial charge in [-0.1, -0.05) is 35.1 Å². The Morgan fingerprint density at radius 3 is 2.45 bits per heavy atom. The zero-order chi connectivity index (χ0) is 24.1. The summed E-state index contributed by atoms with van der Waals surface area (Å²) in [6.45, 7) is 1.71. The molecule has 6 nitrogen and oxygen atoms in total. The maximum atomic E-state index is 13.6. The van der Waals surface area contributed by atoms with Crippen LogP contribution in [0.2, 0.25) is 5.02 Å². The van der Waals surface area contributed by atoms with Crippen molar-refractivity contribution >= 4 is 22.9 Å². The first-order valence-electron chi connectivity index (χ1n) is 10.0. The minimum atomic E-state index is -4.62. The topological polar surface area (TPSA) is 90.5 Å². The number of hydrogen-bond donors (Lipinski definition) is 2. The standard InChI is InChI=1S/C22H23ClF3N3O3S/c1-21(27,13-30)20-29-28-19(33-20)15-4-7-18(17(12-15)22(24,25)26)32-11-10-31-9-8-14-2-5-16(23)6-3-14/h2-7,12,30H,8-11,13,27H2,1H3. The molecule has 3 N–H and O–H groups in total. The molecule has 0 amide bonds. The number of nitrogens with zero attached hydrogens (tertiary/aromatic N) is 2. The van der Waals surface area contributed by atoms with Gasteiger partial charge in [-0.3, -0.25) is 0 Å². The van der Waals surface area contributed by atoms with Crippen LogP contribution in [0.25, 0.3) is 10.6 Å². The van der Waals surface area contributed by atoms with Crippen molar-refractivity contribution in [1.82, 2.24) is 10.2 Å². The zero-order valence-electron chi connectivity index (χ0n) is 17.7. The van der Waals surface area contributed by atoms with Crippen molar-refractivity contribution in [1.29, 1.82) is 0 Å². The molecule has 178 valence electrons. The van der Waals surface area contributed by atoms with E-state index in [4.69, 9.17) is 26.8 Å². The summed E-state index contributed by atoms with van der Waals surface area (Å²) in [7, 11) is 0. The van der Waals surface area contributed by atoms with E-state index in [9.17, 15) is 18.3 Å². The summed E-state index contributed by atoms with van der Waals surface area (Å²) in [4.78, 5) is 0. The Morgan fingerprint density at radius 1 is 1.06 bits per heavy atom. The summed E-state index contributed by atoms with van der Waals surface area (Å²) in [5, 5.41) is 18.4. The van der Waals surface area contributed by atoms with Crippen LogP contribution in [-0.4, -0.2) is 41.7 Å². The van der Waals surface area contributed by atoms with Crippen molar-refractivity contribution in [2.24, 2.45) is 5.73 Å². The molecule has 2 aromatic carbocycles. The second kappa shape index (κ2) is 10.8. The van der Waals surface area contributed by atoms with Crippen LogP contribution in [0.1, 0.15) is 23.1 Å². The first kappa shape index (κ1) is 25.4. The molecule has 1 heterocycles. The lowest BCUT2D eigenvalue weighted by molar-refractivity contribution is -0.139. The molecule has 0 aliphatic carbocycles. The molecule has 0 radical (unpaired) electrons. The van der Waals surface area contributed by atoms with E-state index in [1.165, 1.54) is 12.1 Å². The molecule has 0 bridgehead atoms. The number of aliphatic hydroxyl groups is 1. The van der Waals surface area contributed by atoms with Gasteiger partial charge in [-0.2, -0.15) is 13.2 Å². The maximum Gasteiger partial charge on any atom is 0.419 e. The van der Waals surface area contributed by atoms with Crippen LogP contribution in [-0.2, 0) is 22.9 Å². The van der Waals surface area contributed by atoms with Crippen LogP contribution in [0.4, 0.5) is 13.2 Å². The maximum absolute atomic E-state index is 13.6. The van der Waals surface area contributed by atoms with Crippen LogP contribution in [0.15, 0.2) is 42.5 Å². The fourth-order valence-electron chi connectivity index (χ4n) is 2.80. The van der Waals surface area contributed by atoms with Gasteiger partial charge < -0.3 is 20.3 Å². The number of aromatic nitrogens is 2. The molecule has 1 aromatic heterocycles. The molecule has 1 unspecified atom stereocenters. The number of alkyl halides is 3. The van der Waals surface area contributed by atoms with Crippen molar-refractivity contribution < 1.29 is 27.8 Å². The molecule has 0 saturated carbocycles. The molecule has 3 aromatic rings. The van der Waals surface area contributed by atoms with E-state index in [0.29, 0.717) is 23.1 Å². The Kier molecular flexibility index (Phi) is 8.30. The van der Waals surface area contributed by atoms with Gasteiger partial charge in [0, 0.05) is 10.6 Å². The zero-order valence-corrected chi connectivity index (χ0v) is 19.3. The number of hydrogen-bond acceptors (Lipinski definition) is 7. The van der Waals surface area contributed by atoms with E-state index in [2.05, 4.69) is 10.2 Å². The fourth-order valence-corrected chi connectivity index (χ4v) is 3.82. The molecule has 0 aliphatic rings. The monoisotopic (exact) mass is 501 g/mol. The number of ether oxygens (including phenoxy) is 2. The van der Waals surface area contributed by atoms with Crippen LogP contribution in [0.5, 0.6) is 5.75 Å². The molecule has 33 heavy (non-hydrogen) atoms. The Hall–Kier alpha value is -2.24. The molecular weight excluding hydrogens is 479 g/mol. The lowest BCUT2D eigenvalue weighted by Gasteiger charge is -2.17. The van der Waals surface area contributed by atoms with Crippen molar-refractivity contribution in [3.05, 3.63) is 63.6 Å². The number of aliphatic hydroxyl groups excluding tert-OH is 1. The molecule has 0 aliphatic heterocycles. The first-order valence-corrected chi connectivity index (χ1v) is 11.2. The predicted octanol–water partition coefficient (Wildman–Crippen LogP) is 4.68. The summed E-state index contributed by atoms with van der Waals surface area (Å²) in [6.07, 6.45) is -3.97. The third kappa shape index (κ3) is 6.87. The SMILES string of the molecule is CC(N)(CO)c1nnc(-c2ccc(OCCOCCc3ccc(Cl)cc3)c(C(F)(F)F)c2)s1. The summed E-state index contributed by atoms with van der Waals surface area (Å²) in [5.74, 6) is -0.295. The first-order chi connectivity index (χ1) is 15.6. The Balaban J connectivity index is 1.61. The number of nitrogens with two attached hydrogens (primary N) is 1. The van der Waals surface area contributed by atoms with Crippen molar-refractivity contribution in [2.45, 2.75) is 25.1 Å². The molecule has 3 rings (SSSR count). The van der Waals surface area contributed by atoms with E-state index in [1.807, 2.05) is 12.1 Å². The van der Waals surface area contributed by atoms with Gasteiger partial charge in [0.1, 0.15) is 22.4 Å². The van der Waals surface area contributed by atoms with Gasteiger partial charge in [0.15, 0.2) is 0 Å². The van der Waals surface area contributed by atoms with E-state index in [1.54, 1.807) is 19.1 Å². The second-order valence-electron chi connectivity index (χ2n) is 7.53. The second-order valence-corrected chi connectivity index (χ2v) is 8.95. The minimum absolute atomic E-state index is 0.0337. The average molecular weight is 502 g/mol. The Morgan fingerprint density at radius 2 is 1.79 bits per heavy atom. The van der Waals surface area contributed by atoms with E-state index < -0.39 is 17.3 Å². The van der Waals surface area contributed by atoms with Gasteiger partial charge in [-0.25, -0.2) is 0 Å². The summed E-state index contributed by atoms with van der Waals surface area (Å²) >= 11 is 6.86. The molecular formula is C22H23ClF3N3O3S. The van der Waals surface area contributed by atoms with Crippen LogP contribution >= 0.6 is 22.9 Å². The summed E-state index contributed by atoms with van der Waals surface area (Å²) in [6, 6.07) is 11.0. The largest absolute Gasteiger partial charge is 0.491 e. The minimum Gasteiger partial charge on any atom is -0.491 e. The third-order valence-electron chi connectivity index (χ3n) is 4.71. The van der Waals surface area contributed by atoms with Gasteiger partial charge in [-0.15, -0.1) is 10.2 Å². The molecule has 0 spiro atoms. The lowest BCUT2D eigenvalue weighted by Crippen LogP contribution is -2.36. The van der Waals surface area contributed by atoms with Gasteiger partial charge in [0.2, 0.25) is 0 Å². The van der Waals surface area contributed by atoms with E-state index in [-0.39, 0.29) is 36.1 Å². The van der Waals surface area contributed by atoms with Crippen molar-refractivity contribution in [2.75, 3.05) is 26.4 Å². The quantitative estimate of drug-likeness (QED) is 0.392. The molecule has 0 saturated heterocycles. The van der Waals surface area contributed by atoms with Crippen molar-refractivity contribution in [3.63, 3.8) is 0 Å². The third-order valence-corrected chi connectivity index (χ3v) is 6.21. The van der Waals surface area contributed by atoms with Crippen molar-refractivity contribution in [3.8, 4) is 16.3 Å². The number of halogens is 4. The van der Waals surface area contributed by atoms with Gasteiger partial charge in [0.05, 0.1) is 30.9 Å². The highest BCUT2D eigenvalue weighted by molar-refractivity contribution is 7.14. The fraction of sp³-hybridized carbons (Fsp3) is 0.364. The molecule has 11 heteroatoms. The molecule has 0 fully saturated rings. The van der Waals surface area contributed by atoms with Gasteiger partial charge >= 0.3 is 6.18 Å². The van der Waals surface area contributed by atoms with Gasteiger partial charge in [-0.05, 0) is 49.2 Å². The van der Waals surface area contributed by atoms with Crippen LogP contribution < -0.4 is 10.5 Å². The highest BCUT2D eigenvalue weighted by atomic mass is 35.5. The highest BCUT2D eigenvalue weighted by Crippen LogP contribution is 2.39. The average Bonchev–Trinajstić information content (AvgIpc) is 3.28. The number of rotatable bonds is 10. The Bertz CT molecular complexity index is 1060. The van der Waals surface area contributed by atoms with E-state index >= 15 is 0 Å². The molecule has 1 atom stereocenters. The summed E-state index contributed by atoms with van der Waals surface area (Å²) < 4.78 is 51.7.